The van der Waals surface area contributed by atoms with Gasteiger partial charge in [0.05, 0.1) is 11.5 Å². The minimum absolute atomic E-state index is 0.103. The van der Waals surface area contributed by atoms with Crippen molar-refractivity contribution in [1.29, 1.82) is 0 Å². The molecule has 1 aromatic heterocycles. The number of rotatable bonds is 4. The van der Waals surface area contributed by atoms with Crippen LogP contribution in [0.2, 0.25) is 0 Å². The quantitative estimate of drug-likeness (QED) is 0.941. The van der Waals surface area contributed by atoms with Crippen LogP contribution in [-0.4, -0.2) is 26.0 Å². The highest BCUT2D eigenvalue weighted by atomic mass is 32.2. The van der Waals surface area contributed by atoms with Crippen LogP contribution in [0.15, 0.2) is 41.8 Å². The number of hydrogen-bond acceptors (Lipinski definition) is 4. The molecule has 1 fully saturated rings. The molecule has 3 rings (SSSR count). The second-order valence-electron chi connectivity index (χ2n) is 5.50. The zero-order valence-electron chi connectivity index (χ0n) is 11.8. The predicted molar refractivity (Wildman–Crippen MR) is 88.3 cm³/mol. The van der Waals surface area contributed by atoms with E-state index in [4.69, 9.17) is 0 Å². The van der Waals surface area contributed by atoms with Gasteiger partial charge in [0.25, 0.3) is 0 Å². The summed E-state index contributed by atoms with van der Waals surface area (Å²) < 4.78 is 23.2. The summed E-state index contributed by atoms with van der Waals surface area (Å²) >= 11 is 1.72. The highest BCUT2D eigenvalue weighted by molar-refractivity contribution is 7.91. The Kier molecular flexibility index (Phi) is 4.42. The first-order chi connectivity index (χ1) is 10.1. The minimum atomic E-state index is -2.83. The Hall–Kier alpha value is -1.17. The van der Waals surface area contributed by atoms with E-state index in [0.717, 1.165) is 19.4 Å². The molecule has 1 aliphatic rings. The van der Waals surface area contributed by atoms with E-state index in [9.17, 15) is 8.42 Å². The van der Waals surface area contributed by atoms with Gasteiger partial charge >= 0.3 is 0 Å². The summed E-state index contributed by atoms with van der Waals surface area (Å²) in [4.78, 5) is 1.25. The Bertz CT molecular complexity index is 692. The van der Waals surface area contributed by atoms with Crippen molar-refractivity contribution in [2.45, 2.75) is 25.4 Å². The van der Waals surface area contributed by atoms with Gasteiger partial charge in [-0.1, -0.05) is 30.3 Å². The molecule has 1 atom stereocenters. The van der Waals surface area contributed by atoms with Crippen molar-refractivity contribution in [1.82, 2.24) is 5.32 Å². The van der Waals surface area contributed by atoms with Gasteiger partial charge in [-0.25, -0.2) is 8.42 Å². The SMILES string of the molecule is O=S1(=O)CCCC(NCc2cc(-c3ccccc3)cs2)C1. The first-order valence-corrected chi connectivity index (χ1v) is 9.89. The molecule has 1 aliphatic heterocycles. The van der Waals surface area contributed by atoms with E-state index in [-0.39, 0.29) is 11.8 Å². The van der Waals surface area contributed by atoms with Crippen molar-refractivity contribution in [3.8, 4) is 11.1 Å². The van der Waals surface area contributed by atoms with Crippen LogP contribution in [0.4, 0.5) is 0 Å². The molecule has 0 spiro atoms. The maximum atomic E-state index is 11.6. The van der Waals surface area contributed by atoms with E-state index in [1.54, 1.807) is 11.3 Å². The Morgan fingerprint density at radius 1 is 1.19 bits per heavy atom. The summed E-state index contributed by atoms with van der Waals surface area (Å²) in [5, 5.41) is 5.55. The molecule has 0 saturated carbocycles. The Morgan fingerprint density at radius 2 is 2.00 bits per heavy atom. The zero-order chi connectivity index (χ0) is 14.7. The molecule has 0 aliphatic carbocycles. The van der Waals surface area contributed by atoms with Crippen LogP contribution < -0.4 is 5.32 Å². The average molecular weight is 321 g/mol. The summed E-state index contributed by atoms with van der Waals surface area (Å²) in [6.45, 7) is 0.748. The molecule has 0 bridgehead atoms. The van der Waals surface area contributed by atoms with E-state index in [0.29, 0.717) is 5.75 Å². The molecule has 0 radical (unpaired) electrons. The largest absolute Gasteiger partial charge is 0.308 e. The molecule has 1 saturated heterocycles. The number of nitrogens with one attached hydrogen (secondary N) is 1. The van der Waals surface area contributed by atoms with Gasteiger partial charge in [-0.05, 0) is 35.4 Å². The molecule has 2 heterocycles. The van der Waals surface area contributed by atoms with Gasteiger partial charge in [0.1, 0.15) is 0 Å². The first-order valence-electron chi connectivity index (χ1n) is 7.19. The molecular weight excluding hydrogens is 302 g/mol. The predicted octanol–water partition coefficient (Wildman–Crippen LogP) is 3.08. The molecule has 1 aromatic carbocycles. The summed E-state index contributed by atoms with van der Waals surface area (Å²) in [5.74, 6) is 0.631. The summed E-state index contributed by atoms with van der Waals surface area (Å²) in [7, 11) is -2.83. The normalized spacial score (nSPS) is 21.2. The topological polar surface area (TPSA) is 46.2 Å². The lowest BCUT2D eigenvalue weighted by Gasteiger charge is -2.22. The third-order valence-corrected chi connectivity index (χ3v) is 6.55. The fourth-order valence-electron chi connectivity index (χ4n) is 2.68. The van der Waals surface area contributed by atoms with Crippen molar-refractivity contribution < 1.29 is 8.42 Å². The summed E-state index contributed by atoms with van der Waals surface area (Å²) in [6.07, 6.45) is 1.73. The Morgan fingerprint density at radius 3 is 2.76 bits per heavy atom. The van der Waals surface area contributed by atoms with Crippen LogP contribution in [0.5, 0.6) is 0 Å². The standard InChI is InChI=1S/C16H19NO2S2/c18-21(19)8-4-7-15(12-21)17-10-16-9-14(11-20-16)13-5-2-1-3-6-13/h1-3,5-6,9,11,15,17H,4,7-8,10,12H2. The van der Waals surface area contributed by atoms with E-state index < -0.39 is 9.84 Å². The second-order valence-corrected chi connectivity index (χ2v) is 8.73. The minimum Gasteiger partial charge on any atom is -0.308 e. The van der Waals surface area contributed by atoms with Crippen LogP contribution in [0, 0.1) is 0 Å². The number of hydrogen-bond donors (Lipinski definition) is 1. The maximum Gasteiger partial charge on any atom is 0.151 e. The molecule has 1 unspecified atom stereocenters. The van der Waals surface area contributed by atoms with E-state index in [1.807, 2.05) is 18.2 Å². The highest BCUT2D eigenvalue weighted by Crippen LogP contribution is 2.25. The number of sulfone groups is 1. The lowest BCUT2D eigenvalue weighted by atomic mass is 10.1. The van der Waals surface area contributed by atoms with Crippen LogP contribution in [0.3, 0.4) is 0 Å². The van der Waals surface area contributed by atoms with Crippen molar-refractivity contribution in [2.24, 2.45) is 0 Å². The van der Waals surface area contributed by atoms with Crippen molar-refractivity contribution >= 4 is 21.2 Å². The third-order valence-electron chi connectivity index (χ3n) is 3.79. The molecule has 0 amide bonds. The van der Waals surface area contributed by atoms with Gasteiger partial charge in [-0.15, -0.1) is 11.3 Å². The fourth-order valence-corrected chi connectivity index (χ4v) is 5.20. The molecule has 21 heavy (non-hydrogen) atoms. The number of benzene rings is 1. The number of thiophene rings is 1. The van der Waals surface area contributed by atoms with E-state index in [2.05, 4.69) is 28.9 Å². The molecule has 1 N–H and O–H groups in total. The van der Waals surface area contributed by atoms with Gasteiger partial charge in [-0.3, -0.25) is 0 Å². The van der Waals surface area contributed by atoms with Gasteiger partial charge in [0.15, 0.2) is 9.84 Å². The van der Waals surface area contributed by atoms with Crippen molar-refractivity contribution in [3.63, 3.8) is 0 Å². The third kappa shape index (κ3) is 3.93. The smallest absolute Gasteiger partial charge is 0.151 e. The van der Waals surface area contributed by atoms with Gasteiger partial charge in [-0.2, -0.15) is 0 Å². The van der Waals surface area contributed by atoms with Crippen molar-refractivity contribution in [2.75, 3.05) is 11.5 Å². The average Bonchev–Trinajstić information content (AvgIpc) is 2.94. The Balaban J connectivity index is 1.60. The van der Waals surface area contributed by atoms with Crippen LogP contribution >= 0.6 is 11.3 Å². The zero-order valence-corrected chi connectivity index (χ0v) is 13.4. The summed E-state index contributed by atoms with van der Waals surface area (Å²) in [5.41, 5.74) is 2.45. The maximum absolute atomic E-state index is 11.6. The molecular formula is C16H19NO2S2. The van der Waals surface area contributed by atoms with Crippen molar-refractivity contribution in [3.05, 3.63) is 46.7 Å². The molecule has 3 nitrogen and oxygen atoms in total. The van der Waals surface area contributed by atoms with E-state index >= 15 is 0 Å². The van der Waals surface area contributed by atoms with Gasteiger partial charge in [0, 0.05) is 17.5 Å². The van der Waals surface area contributed by atoms with E-state index in [1.165, 1.54) is 16.0 Å². The van der Waals surface area contributed by atoms with Crippen LogP contribution in [-0.2, 0) is 16.4 Å². The summed E-state index contributed by atoms with van der Waals surface area (Å²) in [6, 6.07) is 12.6. The van der Waals surface area contributed by atoms with Gasteiger partial charge < -0.3 is 5.32 Å². The van der Waals surface area contributed by atoms with Crippen LogP contribution in [0.1, 0.15) is 17.7 Å². The second kappa shape index (κ2) is 6.30. The van der Waals surface area contributed by atoms with Crippen LogP contribution in [0.25, 0.3) is 11.1 Å². The first kappa shape index (κ1) is 14.8. The molecule has 112 valence electrons. The molecule has 5 heteroatoms. The molecule has 2 aromatic rings. The van der Waals surface area contributed by atoms with Gasteiger partial charge in [0.2, 0.25) is 0 Å². The highest BCUT2D eigenvalue weighted by Gasteiger charge is 2.24. The lowest BCUT2D eigenvalue weighted by Crippen LogP contribution is -2.39. The lowest BCUT2D eigenvalue weighted by molar-refractivity contribution is 0.482. The fraction of sp³-hybridized carbons (Fsp3) is 0.375. The Labute approximate surface area is 129 Å². The monoisotopic (exact) mass is 321 g/mol.